The van der Waals surface area contributed by atoms with Gasteiger partial charge in [-0.1, -0.05) is 32.1 Å². The first-order chi connectivity index (χ1) is 7.83. The molecule has 2 atom stereocenters. The molecule has 0 amide bonds. The first-order valence-electron chi connectivity index (χ1n) is 7.22. The molecule has 0 aliphatic heterocycles. The molecule has 0 radical (unpaired) electrons. The first kappa shape index (κ1) is 12.4. The molecule has 2 fully saturated rings. The average molecular weight is 224 g/mol. The normalized spacial score (nSPS) is 33.2. The van der Waals surface area contributed by atoms with Gasteiger partial charge >= 0.3 is 0 Å². The minimum atomic E-state index is 0.730. The number of likely N-dealkylation sites (N-methyl/N-ethyl adjacent to an activating group) is 2. The first-order valence-corrected chi connectivity index (χ1v) is 7.22. The zero-order chi connectivity index (χ0) is 11.4. The van der Waals surface area contributed by atoms with E-state index in [0.717, 1.165) is 18.1 Å². The molecule has 0 spiro atoms. The van der Waals surface area contributed by atoms with E-state index in [2.05, 4.69) is 24.3 Å². The minimum absolute atomic E-state index is 0.730. The van der Waals surface area contributed by atoms with Gasteiger partial charge in [0.25, 0.3) is 0 Å². The number of hydrogen-bond acceptors (Lipinski definition) is 2. The SMILES string of the molecule is CNC1CCCCCC1N(C)C1CCCC1. The van der Waals surface area contributed by atoms with E-state index >= 15 is 0 Å². The molecule has 2 rings (SSSR count). The molecule has 2 heteroatoms. The number of nitrogens with one attached hydrogen (secondary N) is 1. The van der Waals surface area contributed by atoms with Gasteiger partial charge in [0.15, 0.2) is 0 Å². The van der Waals surface area contributed by atoms with E-state index in [4.69, 9.17) is 0 Å². The highest BCUT2D eigenvalue weighted by Crippen LogP contribution is 2.29. The molecule has 1 N–H and O–H groups in total. The van der Waals surface area contributed by atoms with Crippen LogP contribution in [0.1, 0.15) is 57.8 Å². The molecule has 2 aliphatic carbocycles. The van der Waals surface area contributed by atoms with Gasteiger partial charge in [-0.3, -0.25) is 4.90 Å². The summed E-state index contributed by atoms with van der Waals surface area (Å²) in [5.74, 6) is 0. The van der Waals surface area contributed by atoms with Crippen LogP contribution >= 0.6 is 0 Å². The van der Waals surface area contributed by atoms with Crippen molar-refractivity contribution in [2.75, 3.05) is 14.1 Å². The summed E-state index contributed by atoms with van der Waals surface area (Å²) in [5.41, 5.74) is 0. The lowest BCUT2D eigenvalue weighted by atomic mass is 9.99. The van der Waals surface area contributed by atoms with Crippen LogP contribution in [0.2, 0.25) is 0 Å². The van der Waals surface area contributed by atoms with Crippen molar-refractivity contribution in [2.24, 2.45) is 0 Å². The van der Waals surface area contributed by atoms with E-state index in [0.29, 0.717) is 0 Å². The van der Waals surface area contributed by atoms with Crippen molar-refractivity contribution in [3.8, 4) is 0 Å². The predicted octanol–water partition coefficient (Wildman–Crippen LogP) is 2.78. The third kappa shape index (κ3) is 2.78. The van der Waals surface area contributed by atoms with Crippen molar-refractivity contribution >= 4 is 0 Å². The third-order valence-corrected chi connectivity index (χ3v) is 4.77. The second-order valence-electron chi connectivity index (χ2n) is 5.70. The van der Waals surface area contributed by atoms with Gasteiger partial charge in [0.05, 0.1) is 0 Å². The molecule has 0 saturated heterocycles. The van der Waals surface area contributed by atoms with Crippen molar-refractivity contribution in [3.63, 3.8) is 0 Å². The molecule has 0 aromatic heterocycles. The lowest BCUT2D eigenvalue weighted by molar-refractivity contribution is 0.135. The van der Waals surface area contributed by atoms with Crippen LogP contribution in [0.3, 0.4) is 0 Å². The summed E-state index contributed by atoms with van der Waals surface area (Å²) in [7, 11) is 4.52. The topological polar surface area (TPSA) is 15.3 Å². The Morgan fingerprint density at radius 1 is 0.875 bits per heavy atom. The van der Waals surface area contributed by atoms with E-state index < -0.39 is 0 Å². The lowest BCUT2D eigenvalue weighted by Gasteiger charge is -2.37. The Labute approximate surface area is 101 Å². The summed E-state index contributed by atoms with van der Waals surface area (Å²) in [6.45, 7) is 0. The molecule has 2 saturated carbocycles. The summed E-state index contributed by atoms with van der Waals surface area (Å²) < 4.78 is 0. The molecule has 2 unspecified atom stereocenters. The monoisotopic (exact) mass is 224 g/mol. The standard InChI is InChI=1S/C14H28N2/c1-15-13-10-4-3-5-11-14(13)16(2)12-8-6-7-9-12/h12-15H,3-11H2,1-2H3. The van der Waals surface area contributed by atoms with Crippen LogP contribution in [0.5, 0.6) is 0 Å². The van der Waals surface area contributed by atoms with Crippen molar-refractivity contribution in [2.45, 2.75) is 75.9 Å². The third-order valence-electron chi connectivity index (χ3n) is 4.77. The zero-order valence-electron chi connectivity index (χ0n) is 11.0. The van der Waals surface area contributed by atoms with Gasteiger partial charge in [-0.25, -0.2) is 0 Å². The highest BCUT2D eigenvalue weighted by molar-refractivity contribution is 4.89. The maximum atomic E-state index is 3.56. The van der Waals surface area contributed by atoms with Crippen LogP contribution in [0.15, 0.2) is 0 Å². The van der Waals surface area contributed by atoms with Crippen molar-refractivity contribution in [3.05, 3.63) is 0 Å². The lowest BCUT2D eigenvalue weighted by Crippen LogP contribution is -2.50. The predicted molar refractivity (Wildman–Crippen MR) is 69.7 cm³/mol. The van der Waals surface area contributed by atoms with Crippen molar-refractivity contribution in [1.29, 1.82) is 0 Å². The van der Waals surface area contributed by atoms with E-state index in [1.165, 1.54) is 57.8 Å². The summed E-state index contributed by atoms with van der Waals surface area (Å²) in [6.07, 6.45) is 12.8. The highest BCUT2D eigenvalue weighted by atomic mass is 15.2. The molecule has 2 nitrogen and oxygen atoms in total. The molecule has 0 aromatic carbocycles. The van der Waals surface area contributed by atoms with Crippen LogP contribution in [0, 0.1) is 0 Å². The van der Waals surface area contributed by atoms with Gasteiger partial charge in [0.2, 0.25) is 0 Å². The van der Waals surface area contributed by atoms with Gasteiger partial charge in [0, 0.05) is 18.1 Å². The second kappa shape index (κ2) is 6.02. The second-order valence-corrected chi connectivity index (χ2v) is 5.70. The Bertz CT molecular complexity index is 199. The van der Waals surface area contributed by atoms with Gasteiger partial charge in [-0.15, -0.1) is 0 Å². The van der Waals surface area contributed by atoms with Gasteiger partial charge in [0.1, 0.15) is 0 Å². The Morgan fingerprint density at radius 3 is 2.19 bits per heavy atom. The molecule has 0 aromatic rings. The van der Waals surface area contributed by atoms with Crippen LogP contribution in [-0.4, -0.2) is 37.1 Å². The van der Waals surface area contributed by atoms with Gasteiger partial charge in [-0.05, 0) is 39.8 Å². The zero-order valence-corrected chi connectivity index (χ0v) is 11.0. The quantitative estimate of drug-likeness (QED) is 0.742. The number of rotatable bonds is 3. The Kier molecular flexibility index (Phi) is 4.66. The fourth-order valence-electron chi connectivity index (χ4n) is 3.69. The number of hydrogen-bond donors (Lipinski definition) is 1. The van der Waals surface area contributed by atoms with Crippen LogP contribution in [0.4, 0.5) is 0 Å². The summed E-state index contributed by atoms with van der Waals surface area (Å²) >= 11 is 0. The molecular weight excluding hydrogens is 196 g/mol. The molecule has 94 valence electrons. The van der Waals surface area contributed by atoms with Crippen molar-refractivity contribution in [1.82, 2.24) is 10.2 Å². The Balaban J connectivity index is 1.97. The van der Waals surface area contributed by atoms with Gasteiger partial charge in [-0.2, -0.15) is 0 Å². The molecular formula is C14H28N2. The Hall–Kier alpha value is -0.0800. The highest BCUT2D eigenvalue weighted by Gasteiger charge is 2.30. The van der Waals surface area contributed by atoms with Crippen LogP contribution in [0.25, 0.3) is 0 Å². The maximum absolute atomic E-state index is 3.56. The van der Waals surface area contributed by atoms with Crippen molar-refractivity contribution < 1.29 is 0 Å². The van der Waals surface area contributed by atoms with Crippen LogP contribution < -0.4 is 5.32 Å². The smallest absolute Gasteiger partial charge is 0.0249 e. The fourth-order valence-corrected chi connectivity index (χ4v) is 3.69. The molecule has 16 heavy (non-hydrogen) atoms. The minimum Gasteiger partial charge on any atom is -0.315 e. The molecule has 2 aliphatic rings. The van der Waals surface area contributed by atoms with E-state index in [-0.39, 0.29) is 0 Å². The average Bonchev–Trinajstić information content (AvgIpc) is 2.73. The molecule has 0 heterocycles. The summed E-state index contributed by atoms with van der Waals surface area (Å²) in [5, 5.41) is 3.56. The Morgan fingerprint density at radius 2 is 1.50 bits per heavy atom. The van der Waals surface area contributed by atoms with Crippen LogP contribution in [-0.2, 0) is 0 Å². The fraction of sp³-hybridized carbons (Fsp3) is 1.00. The summed E-state index contributed by atoms with van der Waals surface area (Å²) in [4.78, 5) is 2.71. The van der Waals surface area contributed by atoms with E-state index in [9.17, 15) is 0 Å². The van der Waals surface area contributed by atoms with E-state index in [1.807, 2.05) is 0 Å². The van der Waals surface area contributed by atoms with E-state index in [1.54, 1.807) is 0 Å². The maximum Gasteiger partial charge on any atom is 0.0249 e. The summed E-state index contributed by atoms with van der Waals surface area (Å²) in [6, 6.07) is 2.39. The number of nitrogens with zero attached hydrogens (tertiary/aromatic N) is 1. The molecule has 0 bridgehead atoms. The largest absolute Gasteiger partial charge is 0.315 e. The van der Waals surface area contributed by atoms with Gasteiger partial charge < -0.3 is 5.32 Å².